The van der Waals surface area contributed by atoms with Crippen LogP contribution in [-0.2, 0) is 0 Å². The molecule has 0 unspecified atom stereocenters. The highest BCUT2D eigenvalue weighted by Gasteiger charge is 2.18. The van der Waals surface area contributed by atoms with Crippen LogP contribution in [-0.4, -0.2) is 0 Å². The molecule has 10 rings (SSSR count). The number of furan rings is 2. The predicted molar refractivity (Wildman–Crippen MR) is 216 cm³/mol. The molecular formula is C48H32N2O2. The monoisotopic (exact) mass is 668 g/mol. The first-order valence-corrected chi connectivity index (χ1v) is 17.5. The zero-order chi connectivity index (χ0) is 34.4. The molecule has 52 heavy (non-hydrogen) atoms. The van der Waals surface area contributed by atoms with Crippen molar-refractivity contribution in [1.82, 2.24) is 0 Å². The Balaban J connectivity index is 1.00. The highest BCUT2D eigenvalue weighted by molar-refractivity contribution is 6.08. The molecule has 8 aromatic carbocycles. The van der Waals surface area contributed by atoms with Crippen LogP contribution in [0.25, 0.3) is 55.0 Å². The van der Waals surface area contributed by atoms with Crippen LogP contribution in [0, 0.1) is 0 Å². The van der Waals surface area contributed by atoms with Gasteiger partial charge in [0, 0.05) is 61.7 Å². The maximum absolute atomic E-state index is 6.46. The standard InChI is InChI=1S/C48H32N2O2/c1-4-12-35(13-5-1)49(36-14-6-2-7-15-36)39-26-29-46-44(31-39)43-27-22-34(30-47(43)52-46)33-20-23-38(24-21-33)50(37-16-8-3-9-17-37)40-25-28-42-41-18-10-11-19-45(41)51-48(42)32-40/h1-32H. The van der Waals surface area contributed by atoms with E-state index in [-0.39, 0.29) is 0 Å². The van der Waals surface area contributed by atoms with Gasteiger partial charge in [-0.05, 0) is 108 Å². The number of hydrogen-bond acceptors (Lipinski definition) is 4. The Morgan fingerprint density at radius 2 is 0.673 bits per heavy atom. The van der Waals surface area contributed by atoms with E-state index in [0.717, 1.165) is 89.1 Å². The predicted octanol–water partition coefficient (Wildman–Crippen LogP) is 14.1. The van der Waals surface area contributed by atoms with Crippen LogP contribution in [0.4, 0.5) is 34.1 Å². The Kier molecular flexibility index (Phi) is 7.10. The van der Waals surface area contributed by atoms with E-state index in [1.54, 1.807) is 0 Å². The highest BCUT2D eigenvalue weighted by Crippen LogP contribution is 2.41. The number of fused-ring (bicyclic) bond motifs is 6. The molecule has 10 aromatic rings. The zero-order valence-electron chi connectivity index (χ0n) is 28.2. The Bertz CT molecular complexity index is 2800. The van der Waals surface area contributed by atoms with Crippen LogP contribution in [0.1, 0.15) is 0 Å². The maximum Gasteiger partial charge on any atom is 0.137 e. The normalized spacial score (nSPS) is 11.5. The first-order valence-electron chi connectivity index (χ1n) is 17.5. The molecule has 0 fully saturated rings. The molecule has 2 aromatic heterocycles. The van der Waals surface area contributed by atoms with Gasteiger partial charge in [-0.2, -0.15) is 0 Å². The van der Waals surface area contributed by atoms with E-state index in [4.69, 9.17) is 8.83 Å². The van der Waals surface area contributed by atoms with Gasteiger partial charge in [-0.15, -0.1) is 0 Å². The lowest BCUT2D eigenvalue weighted by Gasteiger charge is -2.25. The number of nitrogens with zero attached hydrogens (tertiary/aromatic N) is 2. The molecule has 0 spiro atoms. The van der Waals surface area contributed by atoms with Crippen LogP contribution in [0.15, 0.2) is 203 Å². The van der Waals surface area contributed by atoms with E-state index < -0.39 is 0 Å². The summed E-state index contributed by atoms with van der Waals surface area (Å²) in [6.07, 6.45) is 0. The van der Waals surface area contributed by atoms with Gasteiger partial charge < -0.3 is 18.6 Å². The van der Waals surface area contributed by atoms with Crippen LogP contribution in [0.2, 0.25) is 0 Å². The number of para-hydroxylation sites is 4. The minimum absolute atomic E-state index is 0.866. The average Bonchev–Trinajstić information content (AvgIpc) is 3.77. The molecule has 0 aliphatic carbocycles. The van der Waals surface area contributed by atoms with Crippen molar-refractivity contribution in [2.24, 2.45) is 0 Å². The Hall–Kier alpha value is -7.04. The second kappa shape index (κ2) is 12.4. The zero-order valence-corrected chi connectivity index (χ0v) is 28.2. The number of benzene rings is 8. The topological polar surface area (TPSA) is 32.8 Å². The molecule has 0 aliphatic rings. The van der Waals surface area contributed by atoms with Crippen molar-refractivity contribution in [2.75, 3.05) is 9.80 Å². The largest absolute Gasteiger partial charge is 0.456 e. The van der Waals surface area contributed by atoms with E-state index in [2.05, 4.69) is 174 Å². The van der Waals surface area contributed by atoms with Crippen LogP contribution < -0.4 is 9.80 Å². The van der Waals surface area contributed by atoms with Gasteiger partial charge in [-0.25, -0.2) is 0 Å². The van der Waals surface area contributed by atoms with Gasteiger partial charge >= 0.3 is 0 Å². The van der Waals surface area contributed by atoms with E-state index in [1.165, 1.54) is 0 Å². The summed E-state index contributed by atoms with van der Waals surface area (Å²) in [5.74, 6) is 0. The van der Waals surface area contributed by atoms with Crippen molar-refractivity contribution in [2.45, 2.75) is 0 Å². The SMILES string of the molecule is c1ccc(N(c2ccc(-c3ccc4c(c3)oc3ccc(N(c5ccccc5)c5ccccc5)cc34)cc2)c2ccc3c(c2)oc2ccccc23)cc1. The third-order valence-electron chi connectivity index (χ3n) is 9.84. The fraction of sp³-hybridized carbons (Fsp3) is 0. The molecule has 2 heterocycles. The lowest BCUT2D eigenvalue weighted by Crippen LogP contribution is -2.09. The van der Waals surface area contributed by atoms with Crippen molar-refractivity contribution in [3.8, 4) is 11.1 Å². The minimum Gasteiger partial charge on any atom is -0.456 e. The first-order chi connectivity index (χ1) is 25.8. The third kappa shape index (κ3) is 5.17. The smallest absolute Gasteiger partial charge is 0.137 e. The van der Waals surface area contributed by atoms with Crippen LogP contribution in [0.5, 0.6) is 0 Å². The maximum atomic E-state index is 6.46. The van der Waals surface area contributed by atoms with Crippen molar-refractivity contribution in [1.29, 1.82) is 0 Å². The fourth-order valence-electron chi connectivity index (χ4n) is 7.37. The molecule has 0 N–H and O–H groups in total. The molecule has 4 nitrogen and oxygen atoms in total. The van der Waals surface area contributed by atoms with Crippen molar-refractivity contribution < 1.29 is 8.83 Å². The van der Waals surface area contributed by atoms with Crippen LogP contribution >= 0.6 is 0 Å². The number of hydrogen-bond donors (Lipinski definition) is 0. The van der Waals surface area contributed by atoms with Crippen molar-refractivity contribution in [3.05, 3.63) is 194 Å². The van der Waals surface area contributed by atoms with Gasteiger partial charge in [0.15, 0.2) is 0 Å². The molecule has 0 saturated heterocycles. The van der Waals surface area contributed by atoms with Gasteiger partial charge in [0.1, 0.15) is 22.3 Å². The highest BCUT2D eigenvalue weighted by atomic mass is 16.3. The van der Waals surface area contributed by atoms with E-state index in [0.29, 0.717) is 0 Å². The molecule has 4 heteroatoms. The Morgan fingerprint density at radius 3 is 1.33 bits per heavy atom. The van der Waals surface area contributed by atoms with Crippen molar-refractivity contribution >= 4 is 78.0 Å². The molecule has 246 valence electrons. The van der Waals surface area contributed by atoms with E-state index in [1.807, 2.05) is 30.3 Å². The summed E-state index contributed by atoms with van der Waals surface area (Å²) < 4.78 is 12.7. The molecular weight excluding hydrogens is 637 g/mol. The van der Waals surface area contributed by atoms with Gasteiger partial charge in [-0.1, -0.05) is 91.0 Å². The summed E-state index contributed by atoms with van der Waals surface area (Å²) in [7, 11) is 0. The van der Waals surface area contributed by atoms with Gasteiger partial charge in [0.25, 0.3) is 0 Å². The summed E-state index contributed by atoms with van der Waals surface area (Å²) >= 11 is 0. The van der Waals surface area contributed by atoms with Crippen LogP contribution in [0.3, 0.4) is 0 Å². The fourth-order valence-corrected chi connectivity index (χ4v) is 7.37. The van der Waals surface area contributed by atoms with Crippen molar-refractivity contribution in [3.63, 3.8) is 0 Å². The lowest BCUT2D eigenvalue weighted by atomic mass is 10.0. The second-order valence-electron chi connectivity index (χ2n) is 13.0. The molecule has 0 radical (unpaired) electrons. The van der Waals surface area contributed by atoms with E-state index >= 15 is 0 Å². The summed E-state index contributed by atoms with van der Waals surface area (Å²) in [6, 6.07) is 67.8. The van der Waals surface area contributed by atoms with Gasteiger partial charge in [-0.3, -0.25) is 0 Å². The molecule has 0 atom stereocenters. The Labute approximate surface area is 301 Å². The number of rotatable bonds is 7. The molecule has 0 bridgehead atoms. The Morgan fingerprint density at radius 1 is 0.250 bits per heavy atom. The summed E-state index contributed by atoms with van der Waals surface area (Å²) in [5, 5.41) is 4.42. The number of anilines is 6. The summed E-state index contributed by atoms with van der Waals surface area (Å²) in [4.78, 5) is 4.55. The first kappa shape index (κ1) is 29.8. The average molecular weight is 669 g/mol. The quantitative estimate of drug-likeness (QED) is 0.169. The molecule has 0 aliphatic heterocycles. The lowest BCUT2D eigenvalue weighted by molar-refractivity contribution is 0.668. The summed E-state index contributed by atoms with van der Waals surface area (Å²) in [5.41, 5.74) is 12.2. The van der Waals surface area contributed by atoms with Gasteiger partial charge in [0.2, 0.25) is 0 Å². The molecule has 0 amide bonds. The van der Waals surface area contributed by atoms with Gasteiger partial charge in [0.05, 0.1) is 0 Å². The van der Waals surface area contributed by atoms with E-state index in [9.17, 15) is 0 Å². The summed E-state index contributed by atoms with van der Waals surface area (Å²) in [6.45, 7) is 0. The minimum atomic E-state index is 0.866. The second-order valence-corrected chi connectivity index (χ2v) is 13.0. The third-order valence-corrected chi connectivity index (χ3v) is 9.84. The molecule has 0 saturated carbocycles.